The summed E-state index contributed by atoms with van der Waals surface area (Å²) in [6.45, 7) is 8.40. The van der Waals surface area contributed by atoms with Gasteiger partial charge in [-0.1, -0.05) is 54.7 Å². The number of hydrogen-bond donors (Lipinski definition) is 1. The standard InChI is InChI=1S/C24H23Cl2N3O/c1-12-5-6-17(13(2)9-12)29-22(30)24-8-7-14(23(24,3)4)20-21(24)28-19-11-16(26)15(25)10-18(19)27-20/h5-6,9-11,14H,7-8H2,1-4H3,(H,29,30). The predicted octanol–water partition coefficient (Wildman–Crippen LogP) is 6.35. The molecule has 3 aromatic rings. The fourth-order valence-corrected chi connectivity index (χ4v) is 5.88. The van der Waals surface area contributed by atoms with Crippen LogP contribution in [-0.4, -0.2) is 15.9 Å². The molecule has 0 aliphatic heterocycles. The van der Waals surface area contributed by atoms with Crippen LogP contribution in [0.15, 0.2) is 30.3 Å². The number of fused-ring (bicyclic) bond motifs is 6. The van der Waals surface area contributed by atoms with Crippen LogP contribution in [0.2, 0.25) is 10.0 Å². The maximum Gasteiger partial charge on any atom is 0.237 e. The average Bonchev–Trinajstić information content (AvgIpc) is 3.05. The Bertz CT molecular complexity index is 1240. The normalized spacial score (nSPS) is 23.6. The monoisotopic (exact) mass is 439 g/mol. The van der Waals surface area contributed by atoms with E-state index in [1.165, 1.54) is 5.56 Å². The summed E-state index contributed by atoms with van der Waals surface area (Å²) in [6, 6.07) is 9.57. The van der Waals surface area contributed by atoms with E-state index in [0.717, 1.165) is 41.0 Å². The zero-order valence-corrected chi connectivity index (χ0v) is 18.9. The van der Waals surface area contributed by atoms with Crippen LogP contribution in [0.3, 0.4) is 0 Å². The molecule has 1 heterocycles. The Morgan fingerprint density at radius 2 is 1.73 bits per heavy atom. The van der Waals surface area contributed by atoms with Crippen molar-refractivity contribution in [3.63, 3.8) is 0 Å². The van der Waals surface area contributed by atoms with E-state index in [1.54, 1.807) is 12.1 Å². The first-order chi connectivity index (χ1) is 14.1. The van der Waals surface area contributed by atoms with Gasteiger partial charge in [-0.25, -0.2) is 9.97 Å². The molecule has 2 aliphatic carbocycles. The highest BCUT2D eigenvalue weighted by atomic mass is 35.5. The number of hydrogen-bond acceptors (Lipinski definition) is 3. The Morgan fingerprint density at radius 1 is 1.07 bits per heavy atom. The topological polar surface area (TPSA) is 54.9 Å². The minimum absolute atomic E-state index is 0.00517. The van der Waals surface area contributed by atoms with Gasteiger partial charge in [-0.15, -0.1) is 0 Å². The Balaban J connectivity index is 1.67. The van der Waals surface area contributed by atoms with E-state index in [0.29, 0.717) is 15.6 Å². The fraction of sp³-hybridized carbons (Fsp3) is 0.375. The molecule has 1 saturated carbocycles. The Labute approximate surface area is 186 Å². The number of anilines is 1. The molecule has 6 heteroatoms. The first-order valence-corrected chi connectivity index (χ1v) is 11.0. The number of aromatic nitrogens is 2. The van der Waals surface area contributed by atoms with Crippen molar-refractivity contribution < 1.29 is 4.79 Å². The second kappa shape index (κ2) is 6.41. The van der Waals surface area contributed by atoms with Gasteiger partial charge < -0.3 is 5.32 Å². The molecule has 2 unspecified atom stereocenters. The molecule has 1 fully saturated rings. The number of carbonyl (C=O) groups is 1. The van der Waals surface area contributed by atoms with Crippen LogP contribution in [0.1, 0.15) is 55.1 Å². The molecule has 2 aromatic carbocycles. The van der Waals surface area contributed by atoms with E-state index in [4.69, 9.17) is 33.2 Å². The summed E-state index contributed by atoms with van der Waals surface area (Å²) in [5.41, 5.74) is 5.16. The van der Waals surface area contributed by atoms with Crippen LogP contribution < -0.4 is 5.32 Å². The number of benzene rings is 2. The zero-order chi connectivity index (χ0) is 21.4. The highest BCUT2D eigenvalue weighted by molar-refractivity contribution is 6.42. The molecule has 2 bridgehead atoms. The second-order valence-corrected chi connectivity index (χ2v) is 10.0. The quantitative estimate of drug-likeness (QED) is 0.506. The van der Waals surface area contributed by atoms with Crippen molar-refractivity contribution in [3.8, 4) is 0 Å². The van der Waals surface area contributed by atoms with Crippen molar-refractivity contribution in [3.05, 3.63) is 62.9 Å². The van der Waals surface area contributed by atoms with Crippen molar-refractivity contribution in [1.29, 1.82) is 0 Å². The van der Waals surface area contributed by atoms with E-state index >= 15 is 0 Å². The highest BCUT2D eigenvalue weighted by Crippen LogP contribution is 2.67. The van der Waals surface area contributed by atoms with Gasteiger partial charge >= 0.3 is 0 Å². The largest absolute Gasteiger partial charge is 0.325 e. The van der Waals surface area contributed by atoms with E-state index in [9.17, 15) is 4.79 Å². The van der Waals surface area contributed by atoms with Crippen LogP contribution in [0, 0.1) is 19.3 Å². The van der Waals surface area contributed by atoms with Gasteiger partial charge in [0.2, 0.25) is 5.91 Å². The Kier molecular flexibility index (Phi) is 4.23. The van der Waals surface area contributed by atoms with Crippen LogP contribution >= 0.6 is 23.2 Å². The summed E-state index contributed by atoms with van der Waals surface area (Å²) in [5.74, 6) is 0.179. The molecule has 5 rings (SSSR count). The van der Waals surface area contributed by atoms with Gasteiger partial charge in [0.05, 0.1) is 37.9 Å². The molecule has 4 nitrogen and oxygen atoms in total. The van der Waals surface area contributed by atoms with Gasteiger partial charge in [-0.2, -0.15) is 0 Å². The second-order valence-electron chi connectivity index (χ2n) is 9.20. The Hall–Kier alpha value is -2.17. The summed E-state index contributed by atoms with van der Waals surface area (Å²) in [4.78, 5) is 23.7. The number of amides is 1. The van der Waals surface area contributed by atoms with Crippen LogP contribution in [0.5, 0.6) is 0 Å². The lowest BCUT2D eigenvalue weighted by Gasteiger charge is -2.36. The SMILES string of the molecule is Cc1ccc(NC(=O)C23CCC(c4nc5cc(Cl)c(Cl)cc5nc42)C3(C)C)c(C)c1. The highest BCUT2D eigenvalue weighted by Gasteiger charge is 2.67. The average molecular weight is 440 g/mol. The third-order valence-electron chi connectivity index (χ3n) is 7.26. The maximum absolute atomic E-state index is 13.8. The molecule has 0 spiro atoms. The molecule has 2 aliphatic rings. The van der Waals surface area contributed by atoms with E-state index in [2.05, 4.69) is 25.2 Å². The molecule has 1 aromatic heterocycles. The van der Waals surface area contributed by atoms with Gasteiger partial charge in [0.1, 0.15) is 0 Å². The third-order valence-corrected chi connectivity index (χ3v) is 7.99. The fourth-order valence-electron chi connectivity index (χ4n) is 5.56. The lowest BCUT2D eigenvalue weighted by Crippen LogP contribution is -2.46. The zero-order valence-electron chi connectivity index (χ0n) is 17.4. The number of halogens is 2. The smallest absolute Gasteiger partial charge is 0.237 e. The molecular formula is C24H23Cl2N3O. The number of nitrogens with zero attached hydrogens (tertiary/aromatic N) is 2. The van der Waals surface area contributed by atoms with Crippen molar-refractivity contribution in [2.75, 3.05) is 5.32 Å². The van der Waals surface area contributed by atoms with E-state index in [-0.39, 0.29) is 17.2 Å². The van der Waals surface area contributed by atoms with E-state index in [1.807, 2.05) is 26.0 Å². The third kappa shape index (κ3) is 2.50. The predicted molar refractivity (Wildman–Crippen MR) is 122 cm³/mol. The molecule has 154 valence electrons. The van der Waals surface area contributed by atoms with Gasteiger partial charge in [0, 0.05) is 11.6 Å². The minimum atomic E-state index is -0.725. The summed E-state index contributed by atoms with van der Waals surface area (Å²) in [6.07, 6.45) is 1.68. The van der Waals surface area contributed by atoms with Crippen LogP contribution in [-0.2, 0) is 10.2 Å². The van der Waals surface area contributed by atoms with Gasteiger partial charge in [-0.3, -0.25) is 4.79 Å². The number of carbonyl (C=O) groups excluding carboxylic acids is 1. The van der Waals surface area contributed by atoms with Gasteiger partial charge in [0.15, 0.2) is 0 Å². The van der Waals surface area contributed by atoms with Crippen molar-refractivity contribution in [2.45, 2.75) is 51.9 Å². The summed E-state index contributed by atoms with van der Waals surface area (Å²) in [5, 5.41) is 4.11. The van der Waals surface area contributed by atoms with E-state index < -0.39 is 5.41 Å². The minimum Gasteiger partial charge on any atom is -0.325 e. The summed E-state index contributed by atoms with van der Waals surface area (Å²) >= 11 is 12.4. The summed E-state index contributed by atoms with van der Waals surface area (Å²) < 4.78 is 0. The molecule has 1 amide bonds. The molecule has 2 atom stereocenters. The molecule has 0 saturated heterocycles. The molecule has 0 radical (unpaired) electrons. The number of rotatable bonds is 2. The molecular weight excluding hydrogens is 417 g/mol. The lowest BCUT2D eigenvalue weighted by molar-refractivity contribution is -0.124. The van der Waals surface area contributed by atoms with Crippen LogP contribution in [0.4, 0.5) is 5.69 Å². The first kappa shape index (κ1) is 19.8. The first-order valence-electron chi connectivity index (χ1n) is 10.2. The van der Waals surface area contributed by atoms with Crippen molar-refractivity contribution >= 4 is 45.8 Å². The van der Waals surface area contributed by atoms with Gasteiger partial charge in [-0.05, 0) is 55.9 Å². The van der Waals surface area contributed by atoms with Crippen molar-refractivity contribution in [2.24, 2.45) is 5.41 Å². The van der Waals surface area contributed by atoms with Crippen molar-refractivity contribution in [1.82, 2.24) is 9.97 Å². The maximum atomic E-state index is 13.8. The lowest BCUT2D eigenvalue weighted by atomic mass is 9.67. The molecule has 1 N–H and O–H groups in total. The Morgan fingerprint density at radius 3 is 2.40 bits per heavy atom. The molecule has 30 heavy (non-hydrogen) atoms. The van der Waals surface area contributed by atoms with Crippen LogP contribution in [0.25, 0.3) is 11.0 Å². The number of aryl methyl sites for hydroxylation is 2. The van der Waals surface area contributed by atoms with Gasteiger partial charge in [0.25, 0.3) is 0 Å². The number of nitrogens with one attached hydrogen (secondary N) is 1. The summed E-state index contributed by atoms with van der Waals surface area (Å²) in [7, 11) is 0.